The third-order valence-electron chi connectivity index (χ3n) is 2.57. The van der Waals surface area contributed by atoms with Crippen LogP contribution in [0.3, 0.4) is 0 Å². The number of aliphatic hydroxyl groups is 1. The summed E-state index contributed by atoms with van der Waals surface area (Å²) < 4.78 is 0.487. The van der Waals surface area contributed by atoms with Crippen molar-refractivity contribution in [2.45, 2.75) is 19.9 Å². The van der Waals surface area contributed by atoms with Crippen LogP contribution in [0.15, 0.2) is 22.7 Å². The summed E-state index contributed by atoms with van der Waals surface area (Å²) in [7, 11) is 0. The number of nitrogens with zero attached hydrogens (tertiary/aromatic N) is 2. The molecule has 1 aromatic carbocycles. The molecule has 0 spiro atoms. The van der Waals surface area contributed by atoms with Crippen LogP contribution in [0.2, 0.25) is 0 Å². The molecule has 1 N–H and O–H groups in total. The Morgan fingerprint density at radius 2 is 2.17 bits per heavy atom. The van der Waals surface area contributed by atoms with Crippen LogP contribution in [0.25, 0.3) is 0 Å². The molecule has 0 fully saturated rings. The molecule has 0 unspecified atom stereocenters. The van der Waals surface area contributed by atoms with Gasteiger partial charge in [-0.2, -0.15) is 0 Å². The van der Waals surface area contributed by atoms with Crippen molar-refractivity contribution in [2.24, 2.45) is 0 Å². The first-order valence-corrected chi connectivity index (χ1v) is 6.63. The van der Waals surface area contributed by atoms with E-state index in [1.807, 2.05) is 6.07 Å². The molecule has 0 amide bonds. The van der Waals surface area contributed by atoms with Gasteiger partial charge in [0, 0.05) is 19.2 Å². The number of hydrogen-bond acceptors (Lipinski definition) is 4. The summed E-state index contributed by atoms with van der Waals surface area (Å²) in [4.78, 5) is 12.5. The first kappa shape index (κ1) is 15.1. The average Bonchev–Trinajstić information content (AvgIpc) is 2.32. The van der Waals surface area contributed by atoms with Crippen LogP contribution < -0.4 is 0 Å². The van der Waals surface area contributed by atoms with Gasteiger partial charge < -0.3 is 5.11 Å². The third kappa shape index (κ3) is 4.36. The molecule has 1 rings (SSSR count). The molecular weight excluding hydrogens is 300 g/mol. The van der Waals surface area contributed by atoms with Crippen molar-refractivity contribution in [1.29, 1.82) is 0 Å². The van der Waals surface area contributed by atoms with E-state index in [4.69, 9.17) is 5.11 Å². The lowest BCUT2D eigenvalue weighted by Gasteiger charge is -2.20. The molecule has 0 saturated carbocycles. The maximum absolute atomic E-state index is 10.8. The van der Waals surface area contributed by atoms with E-state index >= 15 is 0 Å². The summed E-state index contributed by atoms with van der Waals surface area (Å²) in [5.74, 6) is 0. The Kier molecular flexibility index (Phi) is 6.24. The van der Waals surface area contributed by atoms with E-state index < -0.39 is 4.92 Å². The van der Waals surface area contributed by atoms with Crippen molar-refractivity contribution in [1.82, 2.24) is 4.90 Å². The van der Waals surface area contributed by atoms with Gasteiger partial charge in [0.1, 0.15) is 0 Å². The predicted octanol–water partition coefficient (Wildman–Crippen LogP) is 2.56. The van der Waals surface area contributed by atoms with Crippen molar-refractivity contribution >= 4 is 21.6 Å². The third-order valence-corrected chi connectivity index (χ3v) is 3.24. The number of benzene rings is 1. The van der Waals surface area contributed by atoms with E-state index in [-0.39, 0.29) is 12.3 Å². The summed E-state index contributed by atoms with van der Waals surface area (Å²) in [5.41, 5.74) is 0.958. The van der Waals surface area contributed by atoms with E-state index in [2.05, 4.69) is 27.8 Å². The van der Waals surface area contributed by atoms with Gasteiger partial charge in [0.2, 0.25) is 0 Å². The number of hydrogen-bond donors (Lipinski definition) is 1. The zero-order chi connectivity index (χ0) is 13.5. The fourth-order valence-electron chi connectivity index (χ4n) is 1.78. The van der Waals surface area contributed by atoms with Crippen LogP contribution in [-0.2, 0) is 6.54 Å². The zero-order valence-corrected chi connectivity index (χ0v) is 11.9. The van der Waals surface area contributed by atoms with Gasteiger partial charge in [0.15, 0.2) is 0 Å². The SMILES string of the molecule is CCCN(CCO)Cc1ccc(Br)c([N+](=O)[O-])c1. The van der Waals surface area contributed by atoms with Crippen LogP contribution in [0.5, 0.6) is 0 Å². The van der Waals surface area contributed by atoms with Crippen LogP contribution >= 0.6 is 15.9 Å². The summed E-state index contributed by atoms with van der Waals surface area (Å²) in [5, 5.41) is 19.8. The van der Waals surface area contributed by atoms with Crippen LogP contribution in [0.1, 0.15) is 18.9 Å². The van der Waals surface area contributed by atoms with Crippen molar-refractivity contribution in [2.75, 3.05) is 19.7 Å². The van der Waals surface area contributed by atoms with Gasteiger partial charge in [0.05, 0.1) is 16.0 Å². The Balaban J connectivity index is 2.82. The first-order chi connectivity index (χ1) is 8.58. The molecule has 5 nitrogen and oxygen atoms in total. The Morgan fingerprint density at radius 1 is 1.44 bits per heavy atom. The maximum Gasteiger partial charge on any atom is 0.283 e. The van der Waals surface area contributed by atoms with Crippen LogP contribution in [-0.4, -0.2) is 34.6 Å². The van der Waals surface area contributed by atoms with E-state index in [0.29, 0.717) is 17.6 Å². The normalized spacial score (nSPS) is 10.9. The van der Waals surface area contributed by atoms with Crippen molar-refractivity contribution in [3.8, 4) is 0 Å². The van der Waals surface area contributed by atoms with E-state index in [1.54, 1.807) is 12.1 Å². The molecule has 0 saturated heterocycles. The highest BCUT2D eigenvalue weighted by atomic mass is 79.9. The molecule has 18 heavy (non-hydrogen) atoms. The van der Waals surface area contributed by atoms with Gasteiger partial charge in [-0.25, -0.2) is 0 Å². The average molecular weight is 317 g/mol. The highest BCUT2D eigenvalue weighted by Gasteiger charge is 2.13. The molecule has 0 atom stereocenters. The second-order valence-electron chi connectivity index (χ2n) is 4.04. The molecule has 0 bridgehead atoms. The van der Waals surface area contributed by atoms with E-state index in [1.165, 1.54) is 0 Å². The molecule has 1 aromatic rings. The van der Waals surface area contributed by atoms with Crippen molar-refractivity contribution in [3.05, 3.63) is 38.3 Å². The lowest BCUT2D eigenvalue weighted by molar-refractivity contribution is -0.385. The second-order valence-corrected chi connectivity index (χ2v) is 4.90. The molecule has 0 aliphatic heterocycles. The van der Waals surface area contributed by atoms with E-state index in [0.717, 1.165) is 18.5 Å². The van der Waals surface area contributed by atoms with E-state index in [9.17, 15) is 10.1 Å². The summed E-state index contributed by atoms with van der Waals surface area (Å²) >= 11 is 3.16. The van der Waals surface area contributed by atoms with Crippen molar-refractivity contribution < 1.29 is 10.0 Å². The lowest BCUT2D eigenvalue weighted by Crippen LogP contribution is -2.27. The molecule has 6 heteroatoms. The highest BCUT2D eigenvalue weighted by molar-refractivity contribution is 9.10. The Bertz CT molecular complexity index is 406. The number of nitro groups is 1. The maximum atomic E-state index is 10.8. The number of nitro benzene ring substituents is 1. The van der Waals surface area contributed by atoms with Crippen molar-refractivity contribution in [3.63, 3.8) is 0 Å². The Labute approximate surface area is 115 Å². The molecule has 0 heterocycles. The van der Waals surface area contributed by atoms with Crippen LogP contribution in [0.4, 0.5) is 5.69 Å². The van der Waals surface area contributed by atoms with Gasteiger partial charge in [-0.3, -0.25) is 15.0 Å². The molecule has 100 valence electrons. The fourth-order valence-corrected chi connectivity index (χ4v) is 2.17. The van der Waals surface area contributed by atoms with Gasteiger partial charge in [-0.15, -0.1) is 0 Å². The summed E-state index contributed by atoms with van der Waals surface area (Å²) in [6.07, 6.45) is 0.985. The molecule has 0 aliphatic rings. The number of rotatable bonds is 7. The predicted molar refractivity (Wildman–Crippen MR) is 73.5 cm³/mol. The number of aliphatic hydroxyl groups excluding tert-OH is 1. The van der Waals surface area contributed by atoms with Gasteiger partial charge >= 0.3 is 0 Å². The Hall–Kier alpha value is -0.980. The minimum Gasteiger partial charge on any atom is -0.395 e. The highest BCUT2D eigenvalue weighted by Crippen LogP contribution is 2.26. The summed E-state index contributed by atoms with van der Waals surface area (Å²) in [6.45, 7) is 4.22. The molecule has 0 radical (unpaired) electrons. The van der Waals surface area contributed by atoms with Gasteiger partial charge in [-0.1, -0.05) is 13.0 Å². The van der Waals surface area contributed by atoms with Gasteiger partial charge in [-0.05, 0) is 40.5 Å². The lowest BCUT2D eigenvalue weighted by atomic mass is 10.2. The molecular formula is C12H17BrN2O3. The zero-order valence-electron chi connectivity index (χ0n) is 10.3. The molecule has 0 aliphatic carbocycles. The second kappa shape index (κ2) is 7.45. The summed E-state index contributed by atoms with van der Waals surface area (Å²) in [6, 6.07) is 5.12. The fraction of sp³-hybridized carbons (Fsp3) is 0.500. The van der Waals surface area contributed by atoms with Gasteiger partial charge in [0.25, 0.3) is 5.69 Å². The molecule has 0 aromatic heterocycles. The topological polar surface area (TPSA) is 66.6 Å². The Morgan fingerprint density at radius 3 is 2.72 bits per heavy atom. The quantitative estimate of drug-likeness (QED) is 0.620. The standard InChI is InChI=1S/C12H17BrN2O3/c1-2-5-14(6-7-16)9-10-3-4-11(13)12(8-10)15(17)18/h3-4,8,16H,2,5-7,9H2,1H3. The first-order valence-electron chi connectivity index (χ1n) is 5.84. The smallest absolute Gasteiger partial charge is 0.283 e. The number of halogens is 1. The monoisotopic (exact) mass is 316 g/mol. The van der Waals surface area contributed by atoms with Crippen LogP contribution in [0, 0.1) is 10.1 Å². The minimum atomic E-state index is -0.399. The largest absolute Gasteiger partial charge is 0.395 e. The minimum absolute atomic E-state index is 0.0768.